The van der Waals surface area contributed by atoms with Gasteiger partial charge in [0.05, 0.1) is 0 Å². The molecule has 0 nitrogen and oxygen atoms in total. The Morgan fingerprint density at radius 2 is 1.86 bits per heavy atom. The van der Waals surface area contributed by atoms with E-state index in [1.165, 1.54) is 0 Å². The molecule has 0 atom stereocenters. The summed E-state index contributed by atoms with van der Waals surface area (Å²) in [5.41, 5.74) is 0. The summed E-state index contributed by atoms with van der Waals surface area (Å²) in [6, 6.07) is 0. The summed E-state index contributed by atoms with van der Waals surface area (Å²) in [7, 11) is 0. The second kappa shape index (κ2) is 3.29. The molecule has 0 saturated heterocycles. The fourth-order valence-corrected chi connectivity index (χ4v) is 1.20. The lowest BCUT2D eigenvalue weighted by molar-refractivity contribution is 1.68. The highest BCUT2D eigenvalue weighted by Crippen LogP contribution is 2.39. The van der Waals surface area contributed by atoms with Gasteiger partial charge in [0.25, 0.3) is 0 Å². The van der Waals surface area contributed by atoms with Gasteiger partial charge in [0.15, 0.2) is 0 Å². The van der Waals surface area contributed by atoms with Crippen molar-refractivity contribution in [2.24, 2.45) is 0 Å². The number of hydrogen-bond donors (Lipinski definition) is 0. The van der Waals surface area contributed by atoms with Crippen molar-refractivity contribution in [2.75, 3.05) is 0 Å². The molecule has 0 aromatic rings. The Bertz CT molecular complexity index is 48.6. The topological polar surface area (TPSA) is 0 Å². The highest BCUT2D eigenvalue weighted by Gasteiger charge is 2.17. The van der Waals surface area contributed by atoms with Gasteiger partial charge in [-0.1, -0.05) is 41.7 Å². The van der Waals surface area contributed by atoms with E-state index in [9.17, 15) is 0 Å². The normalized spacial score (nSPS) is 12.0. The van der Waals surface area contributed by atoms with Crippen LogP contribution in [0.5, 0.6) is 0 Å². The number of thioether (sulfide) groups is 1. The summed E-state index contributed by atoms with van der Waals surface area (Å²) in [5, 5.41) is 0. The first-order chi connectivity index (χ1) is 3.06. The Hall–Kier alpha value is 1.22. The van der Waals surface area contributed by atoms with E-state index in [2.05, 4.69) is 0 Å². The van der Waals surface area contributed by atoms with Gasteiger partial charge in [-0.15, -0.1) is 11.8 Å². The highest BCUT2D eigenvalue weighted by atomic mass is 35.6. The molecule has 0 N–H and O–H groups in total. The molecule has 43 valence electrons. The largest absolute Gasteiger partial charge is 0.237 e. The molecular weight excluding hydrogens is 174 g/mol. The monoisotopic (exact) mass is 177 g/mol. The zero-order valence-electron chi connectivity index (χ0n) is 3.62. The maximum Gasteiger partial charge on any atom is 0.237 e. The van der Waals surface area contributed by atoms with E-state index in [0.717, 1.165) is 11.8 Å². The van der Waals surface area contributed by atoms with Gasteiger partial charge < -0.3 is 0 Å². The minimum Gasteiger partial charge on any atom is -0.103 e. The lowest BCUT2D eigenvalue weighted by atomic mass is 11.0. The maximum atomic E-state index is 5.30. The third-order valence-corrected chi connectivity index (χ3v) is 1.56. The zero-order valence-corrected chi connectivity index (χ0v) is 6.70. The summed E-state index contributed by atoms with van der Waals surface area (Å²) in [6.07, 6.45) is 0. The minimum atomic E-state index is -1.17. The van der Waals surface area contributed by atoms with Crippen molar-refractivity contribution in [2.45, 2.75) is 10.0 Å². The van der Waals surface area contributed by atoms with Crippen LogP contribution in [-0.4, -0.2) is 3.12 Å². The molecule has 0 heterocycles. The lowest BCUT2D eigenvalue weighted by Crippen LogP contribution is -1.90. The van der Waals surface area contributed by atoms with E-state index in [1.807, 2.05) is 6.92 Å². The number of halogens is 3. The molecule has 1 radical (unpaired) electrons. The Morgan fingerprint density at radius 3 is 1.86 bits per heavy atom. The molecule has 0 rings (SSSR count). The second-order valence-electron chi connectivity index (χ2n) is 0.799. The molecule has 4 heteroatoms. The van der Waals surface area contributed by atoms with Gasteiger partial charge in [0.2, 0.25) is 3.12 Å². The van der Waals surface area contributed by atoms with E-state index in [1.54, 1.807) is 5.75 Å². The number of alkyl halides is 3. The van der Waals surface area contributed by atoms with E-state index in [-0.39, 0.29) is 0 Å². The zero-order chi connectivity index (χ0) is 5.91. The molecule has 0 aliphatic carbocycles. The molecule has 0 aromatic carbocycles. The first-order valence-corrected chi connectivity index (χ1v) is 3.60. The van der Waals surface area contributed by atoms with Crippen LogP contribution in [0.15, 0.2) is 0 Å². The predicted octanol–water partition coefficient (Wildman–Crippen LogP) is 3.23. The van der Waals surface area contributed by atoms with Crippen molar-refractivity contribution in [3.8, 4) is 0 Å². The van der Waals surface area contributed by atoms with Crippen LogP contribution in [0.3, 0.4) is 0 Å². The van der Waals surface area contributed by atoms with Crippen molar-refractivity contribution in [1.82, 2.24) is 0 Å². The standard InChI is InChI=1S/C3H4Cl3S/c1-2-7-3(4,5)6/h2H,1H3. The highest BCUT2D eigenvalue weighted by molar-refractivity contribution is 8.06. The van der Waals surface area contributed by atoms with Gasteiger partial charge in [0, 0.05) is 5.75 Å². The Balaban J connectivity index is 3.15. The Kier molecular flexibility index (Phi) is 3.86. The maximum absolute atomic E-state index is 5.30. The summed E-state index contributed by atoms with van der Waals surface area (Å²) >= 11 is 17.0. The van der Waals surface area contributed by atoms with Crippen LogP contribution >= 0.6 is 46.6 Å². The van der Waals surface area contributed by atoms with Crippen molar-refractivity contribution in [3.63, 3.8) is 0 Å². The molecule has 0 bridgehead atoms. The van der Waals surface area contributed by atoms with E-state index >= 15 is 0 Å². The van der Waals surface area contributed by atoms with Crippen LogP contribution in [-0.2, 0) is 0 Å². The quantitative estimate of drug-likeness (QED) is 0.556. The molecule has 7 heavy (non-hydrogen) atoms. The lowest BCUT2D eigenvalue weighted by Gasteiger charge is -2.05. The molecule has 0 spiro atoms. The second-order valence-corrected chi connectivity index (χ2v) is 5.07. The predicted molar refractivity (Wildman–Crippen MR) is 37.9 cm³/mol. The first-order valence-electron chi connectivity index (χ1n) is 1.58. The summed E-state index contributed by atoms with van der Waals surface area (Å²) < 4.78 is -1.17. The molecule has 0 aliphatic heterocycles. The van der Waals surface area contributed by atoms with Gasteiger partial charge in [-0.2, -0.15) is 0 Å². The van der Waals surface area contributed by atoms with Gasteiger partial charge in [0.1, 0.15) is 0 Å². The van der Waals surface area contributed by atoms with Gasteiger partial charge >= 0.3 is 0 Å². The SMILES string of the molecule is C[CH]SC(Cl)(Cl)Cl. The van der Waals surface area contributed by atoms with Crippen LogP contribution in [0.1, 0.15) is 6.92 Å². The molecule has 0 amide bonds. The van der Waals surface area contributed by atoms with E-state index in [0.29, 0.717) is 0 Å². The molecule has 0 saturated carbocycles. The minimum absolute atomic E-state index is 1.16. The average molecular weight is 178 g/mol. The number of hydrogen-bond acceptors (Lipinski definition) is 1. The van der Waals surface area contributed by atoms with Crippen molar-refractivity contribution >= 4 is 46.6 Å². The smallest absolute Gasteiger partial charge is 0.103 e. The van der Waals surface area contributed by atoms with Crippen LogP contribution in [0.4, 0.5) is 0 Å². The Labute approximate surface area is 62.5 Å². The number of rotatable bonds is 1. The molecule has 0 aromatic heterocycles. The summed E-state index contributed by atoms with van der Waals surface area (Å²) in [5.74, 6) is 1.73. The van der Waals surface area contributed by atoms with Crippen LogP contribution in [0.25, 0.3) is 0 Å². The molecular formula is C3H4Cl3S. The summed E-state index contributed by atoms with van der Waals surface area (Å²) in [4.78, 5) is 0. The summed E-state index contributed by atoms with van der Waals surface area (Å²) in [6.45, 7) is 1.81. The Morgan fingerprint density at radius 1 is 1.43 bits per heavy atom. The van der Waals surface area contributed by atoms with Gasteiger partial charge in [-0.05, 0) is 0 Å². The molecule has 0 aliphatic rings. The third-order valence-electron chi connectivity index (χ3n) is 0.251. The third kappa shape index (κ3) is 7.22. The fourth-order valence-electron chi connectivity index (χ4n) is 0.134. The fraction of sp³-hybridized carbons (Fsp3) is 0.667. The van der Waals surface area contributed by atoms with Crippen LogP contribution in [0, 0.1) is 5.75 Å². The first kappa shape index (κ1) is 8.22. The molecule has 0 fully saturated rings. The van der Waals surface area contributed by atoms with Gasteiger partial charge in [-0.3, -0.25) is 0 Å². The van der Waals surface area contributed by atoms with E-state index in [4.69, 9.17) is 34.8 Å². The van der Waals surface area contributed by atoms with Crippen LogP contribution < -0.4 is 0 Å². The average Bonchev–Trinajstić information content (AvgIpc) is 1.30. The van der Waals surface area contributed by atoms with Crippen molar-refractivity contribution in [1.29, 1.82) is 0 Å². The van der Waals surface area contributed by atoms with Crippen molar-refractivity contribution in [3.05, 3.63) is 5.75 Å². The molecule has 0 unspecified atom stereocenters. The van der Waals surface area contributed by atoms with E-state index < -0.39 is 3.12 Å². The van der Waals surface area contributed by atoms with Crippen molar-refractivity contribution < 1.29 is 0 Å². The van der Waals surface area contributed by atoms with Gasteiger partial charge in [-0.25, -0.2) is 0 Å². The van der Waals surface area contributed by atoms with Crippen LogP contribution in [0.2, 0.25) is 0 Å².